The number of ether oxygens (including phenoxy) is 2. The SMILES string of the molecule is Cc1ccnc(-c2cc(COCCCCCCN3C(=O)C4C5C=CC(O5)C4C3=O)ccn2)c1. The van der Waals surface area contributed by atoms with E-state index in [1.807, 2.05) is 43.3 Å². The third kappa shape index (κ3) is 4.48. The summed E-state index contributed by atoms with van der Waals surface area (Å²) in [6, 6.07) is 7.98. The maximum Gasteiger partial charge on any atom is 0.236 e. The van der Waals surface area contributed by atoms with Gasteiger partial charge in [-0.25, -0.2) is 0 Å². The third-order valence-corrected chi connectivity index (χ3v) is 6.69. The van der Waals surface area contributed by atoms with Crippen molar-refractivity contribution in [2.24, 2.45) is 11.8 Å². The highest BCUT2D eigenvalue weighted by atomic mass is 16.5. The zero-order valence-electron chi connectivity index (χ0n) is 18.9. The summed E-state index contributed by atoms with van der Waals surface area (Å²) in [5, 5.41) is 0. The summed E-state index contributed by atoms with van der Waals surface area (Å²) >= 11 is 0. The summed E-state index contributed by atoms with van der Waals surface area (Å²) in [6.45, 7) is 3.77. The first-order chi connectivity index (χ1) is 16.1. The van der Waals surface area contributed by atoms with Gasteiger partial charge in [0.1, 0.15) is 0 Å². The number of hydrogen-bond acceptors (Lipinski definition) is 6. The Labute approximate surface area is 193 Å². The van der Waals surface area contributed by atoms with Crippen LogP contribution < -0.4 is 0 Å². The largest absolute Gasteiger partial charge is 0.377 e. The number of rotatable bonds is 10. The number of carbonyl (C=O) groups excluding carboxylic acids is 2. The zero-order valence-corrected chi connectivity index (χ0v) is 18.9. The van der Waals surface area contributed by atoms with Crippen LogP contribution in [0.25, 0.3) is 11.4 Å². The molecule has 0 saturated carbocycles. The number of imide groups is 1. The molecule has 0 aromatic carbocycles. The molecular weight excluding hydrogens is 418 g/mol. The molecule has 2 bridgehead atoms. The minimum Gasteiger partial charge on any atom is -0.377 e. The van der Waals surface area contributed by atoms with Crippen LogP contribution in [0.5, 0.6) is 0 Å². The predicted octanol–water partition coefficient (Wildman–Crippen LogP) is 3.47. The first-order valence-electron chi connectivity index (χ1n) is 11.8. The molecule has 7 heteroatoms. The number of nitrogens with zero attached hydrogens (tertiary/aromatic N) is 3. The number of hydrogen-bond donors (Lipinski definition) is 0. The van der Waals surface area contributed by atoms with E-state index in [-0.39, 0.29) is 35.9 Å². The molecular formula is C26H29N3O4. The molecule has 7 nitrogen and oxygen atoms in total. The average molecular weight is 448 g/mol. The van der Waals surface area contributed by atoms with Crippen molar-refractivity contribution in [1.82, 2.24) is 14.9 Å². The molecule has 0 aliphatic carbocycles. The Balaban J connectivity index is 0.989. The van der Waals surface area contributed by atoms with Gasteiger partial charge < -0.3 is 9.47 Å². The number of carbonyl (C=O) groups is 2. The molecule has 0 N–H and O–H groups in total. The van der Waals surface area contributed by atoms with Crippen LogP contribution >= 0.6 is 0 Å². The third-order valence-electron chi connectivity index (χ3n) is 6.69. The molecule has 172 valence electrons. The van der Waals surface area contributed by atoms with Gasteiger partial charge >= 0.3 is 0 Å². The Morgan fingerprint density at radius 2 is 1.58 bits per heavy atom. The zero-order chi connectivity index (χ0) is 22.8. The average Bonchev–Trinajstić information content (AvgIpc) is 3.50. The first-order valence-corrected chi connectivity index (χ1v) is 11.8. The van der Waals surface area contributed by atoms with Crippen molar-refractivity contribution in [2.75, 3.05) is 13.2 Å². The molecule has 2 amide bonds. The fourth-order valence-corrected chi connectivity index (χ4v) is 4.98. The Bertz CT molecular complexity index is 1040. The fourth-order valence-electron chi connectivity index (χ4n) is 4.98. The van der Waals surface area contributed by atoms with Crippen molar-refractivity contribution in [3.63, 3.8) is 0 Å². The Hall–Kier alpha value is -2.90. The van der Waals surface area contributed by atoms with Gasteiger partial charge in [-0.2, -0.15) is 0 Å². The highest BCUT2D eigenvalue weighted by Crippen LogP contribution is 2.45. The monoisotopic (exact) mass is 447 g/mol. The van der Waals surface area contributed by atoms with Gasteiger partial charge in [0, 0.05) is 25.5 Å². The van der Waals surface area contributed by atoms with Gasteiger partial charge in [-0.15, -0.1) is 0 Å². The molecule has 5 rings (SSSR count). The van der Waals surface area contributed by atoms with E-state index in [2.05, 4.69) is 9.97 Å². The molecule has 2 aromatic heterocycles. The lowest BCUT2D eigenvalue weighted by molar-refractivity contribution is -0.142. The summed E-state index contributed by atoms with van der Waals surface area (Å²) in [7, 11) is 0. The van der Waals surface area contributed by atoms with Crippen LogP contribution in [0, 0.1) is 18.8 Å². The van der Waals surface area contributed by atoms with Crippen LogP contribution in [0.1, 0.15) is 36.8 Å². The molecule has 2 aromatic rings. The van der Waals surface area contributed by atoms with Crippen molar-refractivity contribution in [2.45, 2.75) is 51.4 Å². The van der Waals surface area contributed by atoms with Crippen LogP contribution in [0.4, 0.5) is 0 Å². The van der Waals surface area contributed by atoms with Gasteiger partial charge in [-0.3, -0.25) is 24.5 Å². The van der Waals surface area contributed by atoms with Gasteiger partial charge in [0.15, 0.2) is 0 Å². The lowest BCUT2D eigenvalue weighted by atomic mass is 9.85. The number of aryl methyl sites for hydroxylation is 1. The number of fused-ring (bicyclic) bond motifs is 5. The quantitative estimate of drug-likeness (QED) is 0.315. The second-order valence-electron chi connectivity index (χ2n) is 9.06. The predicted molar refractivity (Wildman–Crippen MR) is 122 cm³/mol. The van der Waals surface area contributed by atoms with Crippen molar-refractivity contribution in [1.29, 1.82) is 0 Å². The van der Waals surface area contributed by atoms with Crippen LogP contribution in [0.2, 0.25) is 0 Å². The van der Waals surface area contributed by atoms with E-state index in [9.17, 15) is 9.59 Å². The lowest BCUT2D eigenvalue weighted by Crippen LogP contribution is -2.35. The van der Waals surface area contributed by atoms with Gasteiger partial charge in [0.25, 0.3) is 0 Å². The molecule has 4 atom stereocenters. The molecule has 2 fully saturated rings. The fraction of sp³-hybridized carbons (Fsp3) is 0.462. The molecule has 3 aliphatic rings. The first kappa shape index (κ1) is 21.9. The van der Waals surface area contributed by atoms with E-state index in [0.29, 0.717) is 19.8 Å². The molecule has 0 spiro atoms. The summed E-state index contributed by atoms with van der Waals surface area (Å²) in [4.78, 5) is 35.5. The number of likely N-dealkylation sites (tertiary alicyclic amines) is 1. The molecule has 0 radical (unpaired) electrons. The molecule has 2 saturated heterocycles. The smallest absolute Gasteiger partial charge is 0.236 e. The van der Waals surface area contributed by atoms with Gasteiger partial charge in [-0.05, 0) is 55.2 Å². The minimum absolute atomic E-state index is 0.0530. The van der Waals surface area contributed by atoms with E-state index in [1.54, 1.807) is 12.4 Å². The van der Waals surface area contributed by atoms with E-state index in [0.717, 1.165) is 48.2 Å². The van der Waals surface area contributed by atoms with Crippen LogP contribution in [0.3, 0.4) is 0 Å². The number of aromatic nitrogens is 2. The number of pyridine rings is 2. The van der Waals surface area contributed by atoms with E-state index < -0.39 is 0 Å². The summed E-state index contributed by atoms with van der Waals surface area (Å²) in [5.74, 6) is -0.696. The maximum absolute atomic E-state index is 12.6. The highest BCUT2D eigenvalue weighted by molar-refractivity contribution is 6.06. The van der Waals surface area contributed by atoms with Crippen molar-refractivity contribution >= 4 is 11.8 Å². The summed E-state index contributed by atoms with van der Waals surface area (Å²) in [6.07, 6.45) is 10.8. The summed E-state index contributed by atoms with van der Waals surface area (Å²) in [5.41, 5.74) is 3.95. The molecule has 4 unspecified atom stereocenters. The Morgan fingerprint density at radius 3 is 2.30 bits per heavy atom. The second kappa shape index (κ2) is 9.53. The highest BCUT2D eigenvalue weighted by Gasteiger charge is 2.60. The summed E-state index contributed by atoms with van der Waals surface area (Å²) < 4.78 is 11.5. The lowest BCUT2D eigenvalue weighted by Gasteiger charge is -2.17. The van der Waals surface area contributed by atoms with Crippen LogP contribution in [0.15, 0.2) is 48.8 Å². The second-order valence-corrected chi connectivity index (χ2v) is 9.06. The van der Waals surface area contributed by atoms with Crippen molar-refractivity contribution < 1.29 is 19.1 Å². The van der Waals surface area contributed by atoms with Crippen molar-refractivity contribution in [3.05, 3.63) is 59.9 Å². The van der Waals surface area contributed by atoms with Crippen LogP contribution in [-0.2, 0) is 25.7 Å². The maximum atomic E-state index is 12.6. The number of amides is 2. The van der Waals surface area contributed by atoms with Crippen molar-refractivity contribution in [3.8, 4) is 11.4 Å². The topological polar surface area (TPSA) is 81.6 Å². The van der Waals surface area contributed by atoms with Crippen LogP contribution in [-0.4, -0.2) is 52.0 Å². The Kier molecular flexibility index (Phi) is 6.33. The normalized spacial score (nSPS) is 25.3. The van der Waals surface area contributed by atoms with Gasteiger partial charge in [-0.1, -0.05) is 25.0 Å². The molecule has 33 heavy (non-hydrogen) atoms. The minimum atomic E-state index is -0.295. The Morgan fingerprint density at radius 1 is 0.909 bits per heavy atom. The van der Waals surface area contributed by atoms with Gasteiger partial charge in [0.05, 0.1) is 42.0 Å². The van der Waals surface area contributed by atoms with E-state index in [4.69, 9.17) is 9.47 Å². The van der Waals surface area contributed by atoms with E-state index >= 15 is 0 Å². The number of unbranched alkanes of at least 4 members (excludes halogenated alkanes) is 3. The molecule has 3 aliphatic heterocycles. The molecule has 5 heterocycles. The van der Waals surface area contributed by atoms with Gasteiger partial charge in [0.2, 0.25) is 11.8 Å². The van der Waals surface area contributed by atoms with E-state index in [1.165, 1.54) is 4.90 Å². The standard InChI is InChI=1S/C26H29N3O4/c1-17-8-10-27-19(14-17)20-15-18(9-11-28-20)16-32-13-5-3-2-4-12-29-25(30)23-21-6-7-22(33-21)24(23)26(29)31/h6-11,14-15,21-24H,2-5,12-13,16H2,1H3.